The zero-order chi connectivity index (χ0) is 21.2. The molecule has 2 heterocycles. The Labute approximate surface area is 167 Å². The van der Waals surface area contributed by atoms with Gasteiger partial charge in [0.15, 0.2) is 0 Å². The van der Waals surface area contributed by atoms with E-state index in [4.69, 9.17) is 10.8 Å². The van der Waals surface area contributed by atoms with E-state index in [0.29, 0.717) is 33.4 Å². The summed E-state index contributed by atoms with van der Waals surface area (Å²) in [4.78, 5) is 4.64. The quantitative estimate of drug-likeness (QED) is 0.314. The first-order chi connectivity index (χ1) is 13.5. The van der Waals surface area contributed by atoms with Gasteiger partial charge in [0, 0.05) is 22.7 Å². The molecule has 0 fully saturated rings. The summed E-state index contributed by atoms with van der Waals surface area (Å²) >= 11 is 0. The minimum Gasteiger partial charge on any atom is -0.371 e. The molecule has 1 aliphatic rings. The highest BCUT2D eigenvalue weighted by Crippen LogP contribution is 2.45. The highest BCUT2D eigenvalue weighted by Gasteiger charge is 2.38. The van der Waals surface area contributed by atoms with E-state index in [1.807, 2.05) is 20.8 Å². The predicted molar refractivity (Wildman–Crippen MR) is 114 cm³/mol. The number of aromatic amines is 1. The molecule has 0 aliphatic carbocycles. The van der Waals surface area contributed by atoms with Gasteiger partial charge in [-0.3, -0.25) is 15.7 Å². The molecule has 0 atom stereocenters. The van der Waals surface area contributed by atoms with Gasteiger partial charge in [0.25, 0.3) is 0 Å². The molecule has 0 amide bonds. The molecular formula is C22H23F2N5. The van der Waals surface area contributed by atoms with Crippen molar-refractivity contribution in [1.29, 1.82) is 10.8 Å². The van der Waals surface area contributed by atoms with Crippen LogP contribution in [0, 0.1) is 36.3 Å². The van der Waals surface area contributed by atoms with Crippen LogP contribution in [-0.4, -0.2) is 22.2 Å². The van der Waals surface area contributed by atoms with Gasteiger partial charge in [-0.25, -0.2) is 8.78 Å². The van der Waals surface area contributed by atoms with Crippen LogP contribution >= 0.6 is 0 Å². The molecule has 29 heavy (non-hydrogen) atoms. The summed E-state index contributed by atoms with van der Waals surface area (Å²) in [6.45, 7) is 8.83. The number of H-pyrrole nitrogens is 1. The smallest absolute Gasteiger partial charge is 0.133 e. The van der Waals surface area contributed by atoms with Crippen molar-refractivity contribution in [1.82, 2.24) is 4.98 Å². The number of aromatic nitrogens is 1. The number of fused-ring (bicyclic) bond motifs is 2. The molecule has 0 unspecified atom stereocenters. The average molecular weight is 395 g/mol. The Kier molecular flexibility index (Phi) is 4.05. The molecule has 150 valence electrons. The Morgan fingerprint density at radius 3 is 2.48 bits per heavy atom. The van der Waals surface area contributed by atoms with E-state index in [1.54, 1.807) is 20.0 Å². The number of aryl methyl sites for hydroxylation is 1. The van der Waals surface area contributed by atoms with E-state index in [1.165, 1.54) is 23.1 Å². The van der Waals surface area contributed by atoms with Gasteiger partial charge < -0.3 is 10.3 Å². The summed E-state index contributed by atoms with van der Waals surface area (Å²) in [5.74, 6) is -0.580. The van der Waals surface area contributed by atoms with Crippen LogP contribution in [0.25, 0.3) is 22.0 Å². The van der Waals surface area contributed by atoms with E-state index in [0.717, 1.165) is 5.56 Å². The minimum atomic E-state index is -0.765. The summed E-state index contributed by atoms with van der Waals surface area (Å²) in [5.41, 5.74) is 3.03. The van der Waals surface area contributed by atoms with Crippen molar-refractivity contribution in [2.24, 2.45) is 0 Å². The summed E-state index contributed by atoms with van der Waals surface area (Å²) in [6.07, 6.45) is 1.77. The van der Waals surface area contributed by atoms with Gasteiger partial charge in [-0.1, -0.05) is 0 Å². The third-order valence-electron chi connectivity index (χ3n) is 5.55. The lowest BCUT2D eigenvalue weighted by Gasteiger charge is -2.43. The molecule has 7 heteroatoms. The van der Waals surface area contributed by atoms with Crippen LogP contribution in [0.15, 0.2) is 24.4 Å². The fourth-order valence-corrected chi connectivity index (χ4v) is 4.13. The van der Waals surface area contributed by atoms with Crippen molar-refractivity contribution in [2.45, 2.75) is 40.2 Å². The Morgan fingerprint density at radius 1 is 1.14 bits per heavy atom. The van der Waals surface area contributed by atoms with Crippen LogP contribution in [0.2, 0.25) is 0 Å². The summed E-state index contributed by atoms with van der Waals surface area (Å²) < 4.78 is 29.7. The maximum Gasteiger partial charge on any atom is 0.133 e. The van der Waals surface area contributed by atoms with Crippen LogP contribution in [0.1, 0.15) is 31.9 Å². The largest absolute Gasteiger partial charge is 0.371 e. The average Bonchev–Trinajstić information content (AvgIpc) is 2.97. The molecule has 1 aliphatic heterocycles. The third-order valence-corrected chi connectivity index (χ3v) is 5.55. The summed E-state index contributed by atoms with van der Waals surface area (Å²) in [6, 6.07) is 4.13. The fourth-order valence-electron chi connectivity index (χ4n) is 4.13. The maximum atomic E-state index is 15.4. The van der Waals surface area contributed by atoms with Gasteiger partial charge in [-0.05, 0) is 63.9 Å². The van der Waals surface area contributed by atoms with E-state index >= 15 is 4.39 Å². The zero-order valence-electron chi connectivity index (χ0n) is 17.0. The molecule has 4 rings (SSSR count). The van der Waals surface area contributed by atoms with E-state index in [9.17, 15) is 4.39 Å². The van der Waals surface area contributed by atoms with Gasteiger partial charge in [0.2, 0.25) is 0 Å². The van der Waals surface area contributed by atoms with Gasteiger partial charge >= 0.3 is 0 Å². The van der Waals surface area contributed by atoms with Crippen LogP contribution < -0.4 is 10.2 Å². The number of nitrogens with one attached hydrogen (secondary N) is 4. The first-order valence-corrected chi connectivity index (χ1v) is 9.36. The molecular weight excluding hydrogens is 372 g/mol. The fraction of sp³-hybridized carbons (Fsp3) is 0.273. The number of amidine groups is 2. The standard InChI is InChI=1S/C22H23F2N5/c1-10-9-27-19-14(10)6-13(23)7-15(19)18-11(2)20-17(8-16(18)24)28-22(4,5)21(26)29(20)12(3)25/h6-9,25-28H,1-5H3. The third kappa shape index (κ3) is 2.72. The van der Waals surface area contributed by atoms with Crippen LogP contribution in [0.4, 0.5) is 20.2 Å². The Balaban J connectivity index is 2.07. The second-order valence-electron chi connectivity index (χ2n) is 8.12. The van der Waals surface area contributed by atoms with Gasteiger partial charge in [-0.15, -0.1) is 0 Å². The number of benzene rings is 2. The Hall–Kier alpha value is -3.22. The highest BCUT2D eigenvalue weighted by molar-refractivity contribution is 6.24. The van der Waals surface area contributed by atoms with Crippen LogP contribution in [-0.2, 0) is 0 Å². The van der Waals surface area contributed by atoms with Gasteiger partial charge in [-0.2, -0.15) is 0 Å². The maximum absolute atomic E-state index is 15.4. The molecule has 0 saturated heterocycles. The van der Waals surface area contributed by atoms with E-state index < -0.39 is 17.2 Å². The van der Waals surface area contributed by atoms with Crippen LogP contribution in [0.5, 0.6) is 0 Å². The van der Waals surface area contributed by atoms with Crippen molar-refractivity contribution in [3.8, 4) is 11.1 Å². The lowest BCUT2D eigenvalue weighted by Crippen LogP contribution is -2.55. The number of hydrogen-bond acceptors (Lipinski definition) is 3. The Morgan fingerprint density at radius 2 is 1.83 bits per heavy atom. The first-order valence-electron chi connectivity index (χ1n) is 9.36. The second kappa shape index (κ2) is 6.14. The molecule has 0 bridgehead atoms. The van der Waals surface area contributed by atoms with Crippen molar-refractivity contribution in [3.05, 3.63) is 47.2 Å². The van der Waals surface area contributed by atoms with E-state index in [-0.39, 0.29) is 17.2 Å². The number of nitrogens with zero attached hydrogens (tertiary/aromatic N) is 1. The van der Waals surface area contributed by atoms with Crippen molar-refractivity contribution >= 4 is 33.9 Å². The second-order valence-corrected chi connectivity index (χ2v) is 8.12. The molecule has 2 aromatic carbocycles. The highest BCUT2D eigenvalue weighted by atomic mass is 19.1. The number of rotatable bonds is 1. The lowest BCUT2D eigenvalue weighted by atomic mass is 9.90. The zero-order valence-corrected chi connectivity index (χ0v) is 17.0. The number of halogens is 2. The normalized spacial score (nSPS) is 15.4. The van der Waals surface area contributed by atoms with Crippen molar-refractivity contribution in [3.63, 3.8) is 0 Å². The monoisotopic (exact) mass is 395 g/mol. The van der Waals surface area contributed by atoms with Crippen LogP contribution in [0.3, 0.4) is 0 Å². The first kappa shape index (κ1) is 19.1. The summed E-state index contributed by atoms with van der Waals surface area (Å²) in [7, 11) is 0. The van der Waals surface area contributed by atoms with Gasteiger partial charge in [0.1, 0.15) is 23.3 Å². The molecule has 3 aromatic rings. The molecule has 0 radical (unpaired) electrons. The minimum absolute atomic E-state index is 0.159. The topological polar surface area (TPSA) is 78.8 Å². The van der Waals surface area contributed by atoms with Gasteiger partial charge in [0.05, 0.1) is 22.4 Å². The lowest BCUT2D eigenvalue weighted by molar-refractivity contribution is 0.624. The molecule has 0 saturated carbocycles. The SMILES string of the molecule is CC(=N)N1C(=N)C(C)(C)Nc2cc(F)c(-c3cc(F)cc4c(C)c[nH]c34)c(C)c21. The number of hydrogen-bond donors (Lipinski definition) is 4. The van der Waals surface area contributed by atoms with Crippen molar-refractivity contribution < 1.29 is 8.78 Å². The molecule has 4 N–H and O–H groups in total. The van der Waals surface area contributed by atoms with E-state index in [2.05, 4.69) is 10.3 Å². The molecule has 1 aromatic heterocycles. The number of anilines is 2. The molecule has 5 nitrogen and oxygen atoms in total. The van der Waals surface area contributed by atoms with Crippen molar-refractivity contribution in [2.75, 3.05) is 10.2 Å². The Bertz CT molecular complexity index is 1210. The molecule has 0 spiro atoms. The summed E-state index contributed by atoms with van der Waals surface area (Å²) in [5, 5.41) is 20.7. The predicted octanol–water partition coefficient (Wildman–Crippen LogP) is 5.71.